The Bertz CT molecular complexity index is 685. The maximum atomic E-state index is 4.44. The molecule has 102 valence electrons. The predicted molar refractivity (Wildman–Crippen MR) is 84.4 cm³/mol. The standard InChI is InChI=1S/C16H17N3S/c1-12(17-2)15-8-9-16(20-15)13-10-18-19(11-13)14-6-4-3-5-7-14/h3-12,17H,1-2H3. The molecule has 1 unspecified atom stereocenters. The van der Waals surface area contributed by atoms with Gasteiger partial charge in [-0.05, 0) is 38.2 Å². The van der Waals surface area contributed by atoms with Crippen LogP contribution in [-0.4, -0.2) is 16.8 Å². The van der Waals surface area contributed by atoms with Crippen LogP contribution >= 0.6 is 11.3 Å². The first-order valence-corrected chi connectivity index (χ1v) is 7.47. The summed E-state index contributed by atoms with van der Waals surface area (Å²) in [6, 6.07) is 14.9. The van der Waals surface area contributed by atoms with Crippen LogP contribution in [0.5, 0.6) is 0 Å². The fourth-order valence-corrected chi connectivity index (χ4v) is 3.10. The minimum Gasteiger partial charge on any atom is -0.313 e. The SMILES string of the molecule is CNC(C)c1ccc(-c2cnn(-c3ccccc3)c2)s1. The minimum absolute atomic E-state index is 0.387. The Morgan fingerprint density at radius 1 is 1.15 bits per heavy atom. The molecule has 3 aromatic rings. The van der Waals surface area contributed by atoms with Crippen LogP contribution in [0.1, 0.15) is 17.8 Å². The van der Waals surface area contributed by atoms with Crippen molar-refractivity contribution >= 4 is 11.3 Å². The highest BCUT2D eigenvalue weighted by molar-refractivity contribution is 7.15. The maximum absolute atomic E-state index is 4.44. The third kappa shape index (κ3) is 2.53. The number of benzene rings is 1. The molecule has 4 heteroatoms. The first-order valence-electron chi connectivity index (χ1n) is 6.65. The molecule has 2 heterocycles. The highest BCUT2D eigenvalue weighted by atomic mass is 32.1. The molecule has 20 heavy (non-hydrogen) atoms. The quantitative estimate of drug-likeness (QED) is 0.787. The van der Waals surface area contributed by atoms with E-state index in [9.17, 15) is 0 Å². The molecular weight excluding hydrogens is 266 g/mol. The Kier molecular flexibility index (Phi) is 3.67. The van der Waals surface area contributed by atoms with Crippen LogP contribution in [0, 0.1) is 0 Å². The van der Waals surface area contributed by atoms with Gasteiger partial charge in [0, 0.05) is 27.6 Å². The lowest BCUT2D eigenvalue weighted by Crippen LogP contribution is -2.10. The summed E-state index contributed by atoms with van der Waals surface area (Å²) in [4.78, 5) is 2.60. The van der Waals surface area contributed by atoms with Crippen molar-refractivity contribution in [3.63, 3.8) is 0 Å². The molecule has 2 aromatic heterocycles. The Morgan fingerprint density at radius 3 is 2.70 bits per heavy atom. The Morgan fingerprint density at radius 2 is 1.95 bits per heavy atom. The van der Waals surface area contributed by atoms with Gasteiger partial charge in [-0.2, -0.15) is 5.10 Å². The van der Waals surface area contributed by atoms with Crippen molar-refractivity contribution in [3.05, 3.63) is 59.7 Å². The van der Waals surface area contributed by atoms with Gasteiger partial charge in [0.1, 0.15) is 0 Å². The average Bonchev–Trinajstić information content (AvgIpc) is 3.16. The summed E-state index contributed by atoms with van der Waals surface area (Å²) in [6.07, 6.45) is 4.00. The van der Waals surface area contributed by atoms with E-state index >= 15 is 0 Å². The Balaban J connectivity index is 1.89. The summed E-state index contributed by atoms with van der Waals surface area (Å²) in [5.41, 5.74) is 2.24. The van der Waals surface area contributed by atoms with Crippen molar-refractivity contribution < 1.29 is 0 Å². The first kappa shape index (κ1) is 13.1. The molecule has 0 aliphatic carbocycles. The lowest BCUT2D eigenvalue weighted by atomic mass is 10.2. The number of hydrogen-bond donors (Lipinski definition) is 1. The van der Waals surface area contributed by atoms with E-state index in [0.29, 0.717) is 6.04 Å². The number of nitrogens with zero attached hydrogens (tertiary/aromatic N) is 2. The van der Waals surface area contributed by atoms with Crippen molar-refractivity contribution in [2.75, 3.05) is 7.05 Å². The normalized spacial score (nSPS) is 12.5. The van der Waals surface area contributed by atoms with Crippen molar-refractivity contribution in [1.82, 2.24) is 15.1 Å². The van der Waals surface area contributed by atoms with E-state index in [1.165, 1.54) is 9.75 Å². The van der Waals surface area contributed by atoms with Crippen LogP contribution in [-0.2, 0) is 0 Å². The number of rotatable bonds is 4. The number of hydrogen-bond acceptors (Lipinski definition) is 3. The summed E-state index contributed by atoms with van der Waals surface area (Å²) < 4.78 is 1.91. The number of para-hydroxylation sites is 1. The van der Waals surface area contributed by atoms with Crippen molar-refractivity contribution in [2.45, 2.75) is 13.0 Å². The molecule has 3 rings (SSSR count). The first-order chi connectivity index (χ1) is 9.78. The van der Waals surface area contributed by atoms with Gasteiger partial charge in [0.2, 0.25) is 0 Å². The average molecular weight is 283 g/mol. The van der Waals surface area contributed by atoms with Gasteiger partial charge in [-0.3, -0.25) is 0 Å². The molecule has 1 atom stereocenters. The second kappa shape index (κ2) is 5.61. The second-order valence-corrected chi connectivity index (χ2v) is 5.84. The minimum atomic E-state index is 0.387. The predicted octanol–water partition coefficient (Wildman–Crippen LogP) is 3.88. The number of nitrogens with one attached hydrogen (secondary N) is 1. The molecule has 1 N–H and O–H groups in total. The highest BCUT2D eigenvalue weighted by Crippen LogP contribution is 2.31. The van der Waals surface area contributed by atoms with Crippen molar-refractivity contribution in [3.8, 4) is 16.1 Å². The van der Waals surface area contributed by atoms with Crippen LogP contribution in [0.3, 0.4) is 0 Å². The molecule has 0 saturated carbocycles. The van der Waals surface area contributed by atoms with Gasteiger partial charge in [0.15, 0.2) is 0 Å². The molecule has 1 aromatic carbocycles. The molecular formula is C16H17N3S. The van der Waals surface area contributed by atoms with E-state index in [-0.39, 0.29) is 0 Å². The van der Waals surface area contributed by atoms with E-state index in [1.807, 2.05) is 47.5 Å². The van der Waals surface area contributed by atoms with E-state index in [1.54, 1.807) is 0 Å². The Hall–Kier alpha value is -1.91. The van der Waals surface area contributed by atoms with Crippen LogP contribution in [0.25, 0.3) is 16.1 Å². The molecule has 0 radical (unpaired) electrons. The lowest BCUT2D eigenvalue weighted by Gasteiger charge is -2.05. The fourth-order valence-electron chi connectivity index (χ4n) is 2.05. The molecule has 0 fully saturated rings. The summed E-state index contributed by atoms with van der Waals surface area (Å²) in [6.45, 7) is 2.17. The zero-order valence-electron chi connectivity index (χ0n) is 11.6. The van der Waals surface area contributed by atoms with Gasteiger partial charge in [-0.15, -0.1) is 11.3 Å². The monoisotopic (exact) mass is 283 g/mol. The van der Waals surface area contributed by atoms with E-state index < -0.39 is 0 Å². The molecule has 0 saturated heterocycles. The van der Waals surface area contributed by atoms with Gasteiger partial charge in [0.05, 0.1) is 11.9 Å². The molecule has 0 spiro atoms. The molecule has 0 aliphatic heterocycles. The lowest BCUT2D eigenvalue weighted by molar-refractivity contribution is 0.664. The number of aromatic nitrogens is 2. The zero-order valence-corrected chi connectivity index (χ0v) is 12.4. The summed E-state index contributed by atoms with van der Waals surface area (Å²) in [5, 5.41) is 7.71. The van der Waals surface area contributed by atoms with Gasteiger partial charge in [-0.1, -0.05) is 18.2 Å². The maximum Gasteiger partial charge on any atom is 0.0645 e. The van der Waals surface area contributed by atoms with Crippen molar-refractivity contribution in [1.29, 1.82) is 0 Å². The van der Waals surface area contributed by atoms with Gasteiger partial charge >= 0.3 is 0 Å². The van der Waals surface area contributed by atoms with Gasteiger partial charge in [-0.25, -0.2) is 4.68 Å². The number of thiophene rings is 1. The third-order valence-corrected chi connectivity index (χ3v) is 4.69. The van der Waals surface area contributed by atoms with Crippen LogP contribution < -0.4 is 5.32 Å². The summed E-state index contributed by atoms with van der Waals surface area (Å²) in [5.74, 6) is 0. The molecule has 3 nitrogen and oxygen atoms in total. The van der Waals surface area contributed by atoms with E-state index in [0.717, 1.165) is 11.3 Å². The van der Waals surface area contributed by atoms with Crippen LogP contribution in [0.4, 0.5) is 0 Å². The topological polar surface area (TPSA) is 29.9 Å². The molecule has 0 aliphatic rings. The molecule has 0 amide bonds. The fraction of sp³-hybridized carbons (Fsp3) is 0.188. The summed E-state index contributed by atoms with van der Waals surface area (Å²) >= 11 is 1.81. The van der Waals surface area contributed by atoms with Crippen LogP contribution in [0.15, 0.2) is 54.9 Å². The van der Waals surface area contributed by atoms with E-state index in [4.69, 9.17) is 0 Å². The van der Waals surface area contributed by atoms with Gasteiger partial charge < -0.3 is 5.32 Å². The van der Waals surface area contributed by atoms with Gasteiger partial charge in [0.25, 0.3) is 0 Å². The summed E-state index contributed by atoms with van der Waals surface area (Å²) in [7, 11) is 1.98. The largest absolute Gasteiger partial charge is 0.313 e. The smallest absolute Gasteiger partial charge is 0.0645 e. The second-order valence-electron chi connectivity index (χ2n) is 4.72. The zero-order chi connectivity index (χ0) is 13.9. The highest BCUT2D eigenvalue weighted by Gasteiger charge is 2.09. The van der Waals surface area contributed by atoms with Crippen molar-refractivity contribution in [2.24, 2.45) is 0 Å². The third-order valence-electron chi connectivity index (χ3n) is 3.37. The van der Waals surface area contributed by atoms with Crippen LogP contribution in [0.2, 0.25) is 0 Å². The Labute approximate surface area is 122 Å². The van der Waals surface area contributed by atoms with E-state index in [2.05, 4.69) is 47.8 Å². The molecule has 0 bridgehead atoms.